The molecule has 2 aromatic heterocycles. The number of anilines is 5. The molecular weight excluding hydrogens is 288 g/mol. The molecule has 0 atom stereocenters. The Hall–Kier alpha value is -3.15. The minimum absolute atomic E-state index is 0.474. The van der Waals surface area contributed by atoms with Crippen LogP contribution in [0.2, 0.25) is 0 Å². The van der Waals surface area contributed by atoms with Crippen molar-refractivity contribution < 1.29 is 0 Å². The summed E-state index contributed by atoms with van der Waals surface area (Å²) in [6.45, 7) is 1.93. The summed E-state index contributed by atoms with van der Waals surface area (Å²) < 4.78 is 0. The molecule has 0 aliphatic rings. The number of para-hydroxylation sites is 1. The van der Waals surface area contributed by atoms with E-state index in [0.717, 1.165) is 11.4 Å². The van der Waals surface area contributed by atoms with Crippen molar-refractivity contribution in [2.24, 2.45) is 0 Å². The van der Waals surface area contributed by atoms with Gasteiger partial charge in [0.2, 0.25) is 0 Å². The molecule has 0 radical (unpaired) electrons. The van der Waals surface area contributed by atoms with Crippen LogP contribution in [0.4, 0.5) is 28.8 Å². The molecule has 3 rings (SSSR count). The second-order valence-corrected chi connectivity index (χ2v) is 5.14. The highest BCUT2D eigenvalue weighted by Gasteiger charge is 2.13. The summed E-state index contributed by atoms with van der Waals surface area (Å²) in [5, 5.41) is 3.15. The van der Waals surface area contributed by atoms with Gasteiger partial charge in [-0.05, 0) is 31.2 Å². The van der Waals surface area contributed by atoms with Gasteiger partial charge in [0.1, 0.15) is 17.8 Å². The van der Waals surface area contributed by atoms with E-state index in [1.54, 1.807) is 0 Å². The summed E-state index contributed by atoms with van der Waals surface area (Å²) in [4.78, 5) is 14.9. The standard InChI is InChI=1S/C17H18N6/c1-12-7-6-10-14(21-12)22-16-15(18)17(20-11-19-16)23(2)13-8-4-3-5-9-13/h3-11H,18H2,1-2H3,(H,19,20,21,22). The molecule has 0 fully saturated rings. The lowest BCUT2D eigenvalue weighted by Gasteiger charge is -2.21. The lowest BCUT2D eigenvalue weighted by molar-refractivity contribution is 1.08. The Kier molecular flexibility index (Phi) is 4.05. The van der Waals surface area contributed by atoms with Crippen molar-refractivity contribution >= 4 is 28.8 Å². The Morgan fingerprint density at radius 1 is 1.00 bits per heavy atom. The largest absolute Gasteiger partial charge is 0.393 e. The van der Waals surface area contributed by atoms with Gasteiger partial charge in [0.25, 0.3) is 0 Å². The van der Waals surface area contributed by atoms with Gasteiger partial charge in [0.05, 0.1) is 0 Å². The predicted molar refractivity (Wildman–Crippen MR) is 93.2 cm³/mol. The lowest BCUT2D eigenvalue weighted by Crippen LogP contribution is -2.15. The Bertz CT molecular complexity index is 803. The molecule has 3 N–H and O–H groups in total. The number of nitrogen functional groups attached to an aromatic ring is 1. The summed E-state index contributed by atoms with van der Waals surface area (Å²) in [6.07, 6.45) is 1.49. The summed E-state index contributed by atoms with van der Waals surface area (Å²) in [7, 11) is 1.92. The summed E-state index contributed by atoms with van der Waals surface area (Å²) >= 11 is 0. The monoisotopic (exact) mass is 306 g/mol. The van der Waals surface area contributed by atoms with Crippen LogP contribution in [0.1, 0.15) is 5.69 Å². The van der Waals surface area contributed by atoms with Crippen molar-refractivity contribution in [2.45, 2.75) is 6.92 Å². The molecule has 6 nitrogen and oxygen atoms in total. The van der Waals surface area contributed by atoms with E-state index in [-0.39, 0.29) is 0 Å². The highest BCUT2D eigenvalue weighted by Crippen LogP contribution is 2.31. The predicted octanol–water partition coefficient (Wildman–Crippen LogP) is 3.27. The maximum absolute atomic E-state index is 6.25. The van der Waals surface area contributed by atoms with Gasteiger partial charge in [-0.2, -0.15) is 0 Å². The van der Waals surface area contributed by atoms with Crippen LogP contribution in [0.15, 0.2) is 54.9 Å². The molecule has 2 heterocycles. The molecule has 0 amide bonds. The number of hydrogen-bond donors (Lipinski definition) is 2. The van der Waals surface area contributed by atoms with E-state index in [4.69, 9.17) is 5.73 Å². The van der Waals surface area contributed by atoms with Crippen molar-refractivity contribution in [1.29, 1.82) is 0 Å². The van der Waals surface area contributed by atoms with E-state index in [1.165, 1.54) is 6.33 Å². The van der Waals surface area contributed by atoms with Crippen LogP contribution in [-0.2, 0) is 0 Å². The molecule has 0 bridgehead atoms. The number of rotatable bonds is 4. The van der Waals surface area contributed by atoms with Gasteiger partial charge in [-0.15, -0.1) is 0 Å². The number of nitrogens with zero attached hydrogens (tertiary/aromatic N) is 4. The number of benzene rings is 1. The average molecular weight is 306 g/mol. The number of aromatic nitrogens is 3. The van der Waals surface area contributed by atoms with Crippen molar-refractivity contribution in [1.82, 2.24) is 15.0 Å². The zero-order valence-electron chi connectivity index (χ0n) is 13.1. The molecule has 23 heavy (non-hydrogen) atoms. The Morgan fingerprint density at radius 2 is 1.78 bits per heavy atom. The van der Waals surface area contributed by atoms with Crippen LogP contribution in [0, 0.1) is 6.92 Å². The van der Waals surface area contributed by atoms with E-state index in [0.29, 0.717) is 23.1 Å². The molecule has 1 aromatic carbocycles. The van der Waals surface area contributed by atoms with Gasteiger partial charge in [-0.25, -0.2) is 15.0 Å². The maximum atomic E-state index is 6.25. The fourth-order valence-corrected chi connectivity index (χ4v) is 2.26. The zero-order chi connectivity index (χ0) is 16.2. The van der Waals surface area contributed by atoms with Crippen LogP contribution in [0.3, 0.4) is 0 Å². The van der Waals surface area contributed by atoms with E-state index < -0.39 is 0 Å². The number of hydrogen-bond acceptors (Lipinski definition) is 6. The summed E-state index contributed by atoms with van der Waals surface area (Å²) in [6, 6.07) is 15.6. The van der Waals surface area contributed by atoms with E-state index >= 15 is 0 Å². The van der Waals surface area contributed by atoms with Crippen LogP contribution >= 0.6 is 0 Å². The molecule has 0 aliphatic carbocycles. The van der Waals surface area contributed by atoms with Crippen LogP contribution in [-0.4, -0.2) is 22.0 Å². The molecule has 3 aromatic rings. The van der Waals surface area contributed by atoms with Crippen molar-refractivity contribution in [3.05, 3.63) is 60.6 Å². The Morgan fingerprint density at radius 3 is 2.52 bits per heavy atom. The summed E-state index contributed by atoms with van der Waals surface area (Å²) in [5.74, 6) is 1.88. The summed E-state index contributed by atoms with van der Waals surface area (Å²) in [5.41, 5.74) is 8.64. The Balaban J connectivity index is 1.92. The topological polar surface area (TPSA) is 80.0 Å². The first-order chi connectivity index (χ1) is 11.1. The first-order valence-corrected chi connectivity index (χ1v) is 7.25. The third kappa shape index (κ3) is 3.21. The number of nitrogens with two attached hydrogens (primary N) is 1. The molecule has 0 aliphatic heterocycles. The number of aryl methyl sites for hydroxylation is 1. The van der Waals surface area contributed by atoms with Crippen LogP contribution in [0.5, 0.6) is 0 Å². The van der Waals surface area contributed by atoms with Crippen molar-refractivity contribution in [3.8, 4) is 0 Å². The maximum Gasteiger partial charge on any atom is 0.161 e. The highest BCUT2D eigenvalue weighted by atomic mass is 15.2. The quantitative estimate of drug-likeness (QED) is 0.770. The minimum Gasteiger partial charge on any atom is -0.393 e. The third-order valence-electron chi connectivity index (χ3n) is 3.46. The second kappa shape index (κ2) is 6.31. The van der Waals surface area contributed by atoms with Crippen molar-refractivity contribution in [2.75, 3.05) is 23.0 Å². The third-order valence-corrected chi connectivity index (χ3v) is 3.46. The van der Waals surface area contributed by atoms with Crippen LogP contribution < -0.4 is 16.0 Å². The van der Waals surface area contributed by atoms with E-state index in [1.807, 2.05) is 67.4 Å². The number of pyridine rings is 1. The molecule has 0 saturated heterocycles. The van der Waals surface area contributed by atoms with Crippen LogP contribution in [0.25, 0.3) is 0 Å². The normalized spacial score (nSPS) is 10.3. The SMILES string of the molecule is Cc1cccc(Nc2ncnc(N(C)c3ccccc3)c2N)n1. The molecule has 0 spiro atoms. The van der Waals surface area contributed by atoms with Gasteiger partial charge < -0.3 is 16.0 Å². The zero-order valence-corrected chi connectivity index (χ0v) is 13.1. The van der Waals surface area contributed by atoms with Gasteiger partial charge in [-0.3, -0.25) is 0 Å². The fourth-order valence-electron chi connectivity index (χ4n) is 2.26. The molecule has 0 unspecified atom stereocenters. The second-order valence-electron chi connectivity index (χ2n) is 5.14. The molecule has 0 saturated carbocycles. The highest BCUT2D eigenvalue weighted by molar-refractivity contribution is 5.80. The molecule has 6 heteroatoms. The van der Waals surface area contributed by atoms with Gasteiger partial charge >= 0.3 is 0 Å². The smallest absolute Gasteiger partial charge is 0.161 e. The van der Waals surface area contributed by atoms with E-state index in [2.05, 4.69) is 20.3 Å². The van der Waals surface area contributed by atoms with Gasteiger partial charge in [-0.1, -0.05) is 24.3 Å². The Labute approximate surface area is 135 Å². The number of nitrogens with one attached hydrogen (secondary N) is 1. The van der Waals surface area contributed by atoms with Crippen molar-refractivity contribution in [3.63, 3.8) is 0 Å². The molecule has 116 valence electrons. The lowest BCUT2D eigenvalue weighted by atomic mass is 10.3. The first kappa shape index (κ1) is 14.8. The average Bonchev–Trinajstić information content (AvgIpc) is 2.57. The fraction of sp³-hybridized carbons (Fsp3) is 0.118. The van der Waals surface area contributed by atoms with Gasteiger partial charge in [0, 0.05) is 18.4 Å². The minimum atomic E-state index is 0.474. The van der Waals surface area contributed by atoms with E-state index in [9.17, 15) is 0 Å². The van der Waals surface area contributed by atoms with Gasteiger partial charge in [0.15, 0.2) is 11.6 Å². The first-order valence-electron chi connectivity index (χ1n) is 7.25. The molecular formula is C17H18N6.